The highest BCUT2D eigenvalue weighted by molar-refractivity contribution is 5.96. The summed E-state index contributed by atoms with van der Waals surface area (Å²) in [6.07, 6.45) is 1.72. The number of aromatic nitrogens is 3. The van der Waals surface area contributed by atoms with Crippen LogP contribution in [0.1, 0.15) is 50.8 Å². The molecule has 0 bridgehead atoms. The van der Waals surface area contributed by atoms with Gasteiger partial charge in [0.25, 0.3) is 5.91 Å². The predicted octanol–water partition coefficient (Wildman–Crippen LogP) is 3.31. The number of hydrogen-bond acceptors (Lipinski definition) is 4. The fraction of sp³-hybridized carbons (Fsp3) is 0.286. The number of carbonyl (C=O) groups is 2. The molecule has 28 heavy (non-hydrogen) atoms. The Labute approximate surface area is 163 Å². The molecular formula is C21H24N4O3. The highest BCUT2D eigenvalue weighted by Crippen LogP contribution is 2.24. The van der Waals surface area contributed by atoms with Crippen LogP contribution in [0.4, 0.5) is 0 Å². The van der Waals surface area contributed by atoms with Crippen LogP contribution in [0, 0.1) is 13.8 Å². The summed E-state index contributed by atoms with van der Waals surface area (Å²) < 4.78 is 6.53. The van der Waals surface area contributed by atoms with Gasteiger partial charge in [0.15, 0.2) is 0 Å². The normalized spacial score (nSPS) is 11.9. The molecule has 0 spiro atoms. The predicted molar refractivity (Wildman–Crippen MR) is 106 cm³/mol. The Morgan fingerprint density at radius 1 is 1.21 bits per heavy atom. The molecule has 1 aromatic carbocycles. The van der Waals surface area contributed by atoms with Crippen molar-refractivity contribution in [3.8, 4) is 11.1 Å². The number of ether oxygens (including phenoxy) is 1. The van der Waals surface area contributed by atoms with Crippen LogP contribution < -0.4 is 5.32 Å². The van der Waals surface area contributed by atoms with Crippen LogP contribution in [0.2, 0.25) is 0 Å². The van der Waals surface area contributed by atoms with Crippen LogP contribution in [0.3, 0.4) is 0 Å². The van der Waals surface area contributed by atoms with Crippen molar-refractivity contribution < 1.29 is 14.3 Å². The minimum atomic E-state index is -0.434. The zero-order chi connectivity index (χ0) is 20.4. The lowest BCUT2D eigenvalue weighted by Crippen LogP contribution is -2.27. The highest BCUT2D eigenvalue weighted by Gasteiger charge is 2.19. The third kappa shape index (κ3) is 3.69. The highest BCUT2D eigenvalue weighted by atomic mass is 16.5. The van der Waals surface area contributed by atoms with Crippen LogP contribution in [0.5, 0.6) is 0 Å². The number of esters is 1. The second-order valence-electron chi connectivity index (χ2n) is 6.78. The Balaban J connectivity index is 1.80. The maximum Gasteiger partial charge on any atom is 0.354 e. The van der Waals surface area contributed by atoms with Gasteiger partial charge in [-0.3, -0.25) is 9.48 Å². The van der Waals surface area contributed by atoms with E-state index in [1.165, 1.54) is 7.11 Å². The minimum absolute atomic E-state index is 0.164. The van der Waals surface area contributed by atoms with Gasteiger partial charge in [0, 0.05) is 35.6 Å². The molecule has 0 saturated heterocycles. The van der Waals surface area contributed by atoms with Crippen molar-refractivity contribution in [1.29, 1.82) is 0 Å². The number of nitrogens with one attached hydrogen (secondary N) is 2. The Kier molecular flexibility index (Phi) is 5.35. The van der Waals surface area contributed by atoms with Crippen molar-refractivity contribution in [1.82, 2.24) is 20.1 Å². The van der Waals surface area contributed by atoms with Crippen LogP contribution in [0.25, 0.3) is 11.1 Å². The zero-order valence-corrected chi connectivity index (χ0v) is 16.7. The van der Waals surface area contributed by atoms with Crippen molar-refractivity contribution >= 4 is 11.9 Å². The average molecular weight is 380 g/mol. The average Bonchev–Trinajstić information content (AvgIpc) is 3.26. The summed E-state index contributed by atoms with van der Waals surface area (Å²) in [5.74, 6) is -0.600. The van der Waals surface area contributed by atoms with Crippen LogP contribution in [0.15, 0.2) is 36.5 Å². The van der Waals surface area contributed by atoms with Gasteiger partial charge in [-0.05, 0) is 44.5 Å². The fourth-order valence-corrected chi connectivity index (χ4v) is 3.40. The number of nitrogens with zero attached hydrogens (tertiary/aromatic N) is 2. The van der Waals surface area contributed by atoms with Crippen molar-refractivity contribution in [3.63, 3.8) is 0 Å². The van der Waals surface area contributed by atoms with E-state index < -0.39 is 5.97 Å². The number of H-pyrrole nitrogens is 1. The van der Waals surface area contributed by atoms with E-state index in [0.29, 0.717) is 11.3 Å². The molecule has 146 valence electrons. The summed E-state index contributed by atoms with van der Waals surface area (Å²) in [5.41, 5.74) is 5.52. The Morgan fingerprint density at radius 3 is 2.61 bits per heavy atom. The second kappa shape index (κ2) is 7.72. The van der Waals surface area contributed by atoms with Crippen molar-refractivity contribution in [2.75, 3.05) is 7.11 Å². The topological polar surface area (TPSA) is 89.0 Å². The van der Waals surface area contributed by atoms with Gasteiger partial charge in [-0.1, -0.05) is 12.1 Å². The van der Waals surface area contributed by atoms with Gasteiger partial charge in [-0.2, -0.15) is 5.10 Å². The lowest BCUT2D eigenvalue weighted by molar-refractivity contribution is 0.0594. The first-order valence-electron chi connectivity index (χ1n) is 9.00. The number of methoxy groups -OCH3 is 1. The molecule has 0 radical (unpaired) electrons. The first-order valence-corrected chi connectivity index (χ1v) is 9.00. The molecule has 3 rings (SSSR count). The number of hydrogen-bond donors (Lipinski definition) is 2. The lowest BCUT2D eigenvalue weighted by atomic mass is 10.0. The van der Waals surface area contributed by atoms with Gasteiger partial charge in [-0.15, -0.1) is 0 Å². The van der Waals surface area contributed by atoms with Gasteiger partial charge in [0.1, 0.15) is 5.69 Å². The smallest absolute Gasteiger partial charge is 0.354 e. The summed E-state index contributed by atoms with van der Waals surface area (Å²) in [6.45, 7) is 5.88. The molecule has 3 aromatic rings. The molecule has 0 aliphatic heterocycles. The molecular weight excluding hydrogens is 356 g/mol. The van der Waals surface area contributed by atoms with Crippen molar-refractivity contribution in [2.24, 2.45) is 7.05 Å². The Morgan fingerprint density at radius 2 is 1.96 bits per heavy atom. The summed E-state index contributed by atoms with van der Waals surface area (Å²) in [4.78, 5) is 27.3. The van der Waals surface area contributed by atoms with Gasteiger partial charge in [-0.25, -0.2) is 4.79 Å². The van der Waals surface area contributed by atoms with E-state index in [4.69, 9.17) is 4.74 Å². The number of amides is 1. The van der Waals surface area contributed by atoms with Crippen molar-refractivity contribution in [3.05, 3.63) is 64.7 Å². The number of aryl methyl sites for hydroxylation is 2. The van der Waals surface area contributed by atoms with E-state index in [-0.39, 0.29) is 11.9 Å². The molecule has 2 heterocycles. The Hall–Kier alpha value is -3.35. The van der Waals surface area contributed by atoms with Gasteiger partial charge >= 0.3 is 5.97 Å². The lowest BCUT2D eigenvalue weighted by Gasteiger charge is -2.15. The molecule has 2 aromatic heterocycles. The first kappa shape index (κ1) is 19.4. The fourth-order valence-electron chi connectivity index (χ4n) is 3.40. The van der Waals surface area contributed by atoms with Crippen LogP contribution in [-0.4, -0.2) is 33.8 Å². The maximum atomic E-state index is 12.8. The molecule has 0 fully saturated rings. The monoisotopic (exact) mass is 380 g/mol. The summed E-state index contributed by atoms with van der Waals surface area (Å²) >= 11 is 0. The number of benzene rings is 1. The maximum absolute atomic E-state index is 12.8. The first-order chi connectivity index (χ1) is 13.3. The quantitative estimate of drug-likeness (QED) is 0.665. The zero-order valence-electron chi connectivity index (χ0n) is 16.7. The molecule has 2 N–H and O–H groups in total. The van der Waals surface area contributed by atoms with Gasteiger partial charge in [0.2, 0.25) is 0 Å². The molecule has 7 heteroatoms. The second-order valence-corrected chi connectivity index (χ2v) is 6.78. The summed E-state index contributed by atoms with van der Waals surface area (Å²) in [6, 6.07) is 8.81. The van der Waals surface area contributed by atoms with E-state index in [2.05, 4.69) is 15.4 Å². The summed E-state index contributed by atoms with van der Waals surface area (Å²) in [5, 5.41) is 7.46. The molecule has 1 atom stereocenters. The molecule has 0 aliphatic rings. The molecule has 0 unspecified atom stereocenters. The molecule has 7 nitrogen and oxygen atoms in total. The Bertz CT molecular complexity index is 1030. The third-order valence-corrected chi connectivity index (χ3v) is 4.89. The van der Waals surface area contributed by atoms with E-state index in [0.717, 1.165) is 28.1 Å². The third-order valence-electron chi connectivity index (χ3n) is 4.89. The van der Waals surface area contributed by atoms with E-state index in [9.17, 15) is 9.59 Å². The van der Waals surface area contributed by atoms with E-state index >= 15 is 0 Å². The largest absolute Gasteiger partial charge is 0.464 e. The van der Waals surface area contributed by atoms with Crippen molar-refractivity contribution in [2.45, 2.75) is 26.8 Å². The number of rotatable bonds is 5. The van der Waals surface area contributed by atoms with E-state index in [1.54, 1.807) is 24.4 Å². The number of aromatic amines is 1. The van der Waals surface area contributed by atoms with Gasteiger partial charge in [0.05, 0.1) is 18.8 Å². The molecule has 1 amide bonds. The molecule has 0 aliphatic carbocycles. The molecule has 0 saturated carbocycles. The van der Waals surface area contributed by atoms with Gasteiger partial charge < -0.3 is 15.0 Å². The number of carbonyl (C=O) groups excluding carboxylic acids is 2. The SMILES string of the molecule is COC(=O)c1cc(-c2cccc(C(=O)N[C@H](C)c3c(C)nn(C)c3C)c2)c[nH]1. The standard InChI is InChI=1S/C21H24N4O3/c1-12(19-13(2)24-25(4)14(19)3)23-20(26)16-8-6-7-15(9-16)17-10-18(22-11-17)21(27)28-5/h6-12,22H,1-5H3,(H,23,26)/t12-/m1/s1. The van der Waals surface area contributed by atoms with Crippen LogP contribution in [-0.2, 0) is 11.8 Å². The minimum Gasteiger partial charge on any atom is -0.464 e. The van der Waals surface area contributed by atoms with Crippen LogP contribution >= 0.6 is 0 Å². The van der Waals surface area contributed by atoms with E-state index in [1.807, 2.05) is 44.6 Å². The summed E-state index contributed by atoms with van der Waals surface area (Å²) in [7, 11) is 3.23.